The lowest BCUT2D eigenvalue weighted by atomic mass is 10.1. The number of ether oxygens (including phenoxy) is 2. The van der Waals surface area contributed by atoms with Gasteiger partial charge in [-0.1, -0.05) is 19.6 Å². The molecule has 0 saturated carbocycles. The van der Waals surface area contributed by atoms with Gasteiger partial charge in [-0.25, -0.2) is 4.98 Å². The number of hydrogen-bond acceptors (Lipinski definition) is 8. The van der Waals surface area contributed by atoms with Gasteiger partial charge in [0.05, 0.1) is 5.52 Å². The maximum atomic E-state index is 11.6. The monoisotopic (exact) mass is 515 g/mol. The van der Waals surface area contributed by atoms with Crippen molar-refractivity contribution in [2.45, 2.75) is 25.9 Å². The van der Waals surface area contributed by atoms with Gasteiger partial charge in [0.25, 0.3) is 0 Å². The summed E-state index contributed by atoms with van der Waals surface area (Å²) in [6.07, 6.45) is 3.58. The van der Waals surface area contributed by atoms with Crippen LogP contribution < -0.4 is 20.1 Å². The van der Waals surface area contributed by atoms with E-state index in [2.05, 4.69) is 39.0 Å². The number of thiophene rings is 1. The van der Waals surface area contributed by atoms with Crippen molar-refractivity contribution in [3.63, 3.8) is 0 Å². The lowest BCUT2D eigenvalue weighted by Crippen LogP contribution is -2.37. The number of piperidine rings is 1. The molecule has 0 unspecified atom stereocenters. The molecular formula is C28H29N5O3S. The van der Waals surface area contributed by atoms with E-state index in [9.17, 15) is 4.79 Å². The second-order valence-electron chi connectivity index (χ2n) is 8.71. The van der Waals surface area contributed by atoms with Gasteiger partial charge in [0, 0.05) is 30.5 Å². The van der Waals surface area contributed by atoms with Crippen LogP contribution in [0.5, 0.6) is 17.4 Å². The number of amides is 1. The Labute approximate surface area is 220 Å². The summed E-state index contributed by atoms with van der Waals surface area (Å²) < 4.78 is 13.2. The van der Waals surface area contributed by atoms with E-state index in [0.29, 0.717) is 23.3 Å². The van der Waals surface area contributed by atoms with Gasteiger partial charge in [-0.05, 0) is 73.3 Å². The molecule has 1 saturated heterocycles. The van der Waals surface area contributed by atoms with Crippen molar-refractivity contribution >= 4 is 44.8 Å². The third-order valence-electron chi connectivity index (χ3n) is 6.17. The van der Waals surface area contributed by atoms with Gasteiger partial charge in [0.2, 0.25) is 17.7 Å². The highest BCUT2D eigenvalue weighted by molar-refractivity contribution is 7.17. The first-order chi connectivity index (χ1) is 18.1. The highest BCUT2D eigenvalue weighted by atomic mass is 32.1. The van der Waals surface area contributed by atoms with Crippen LogP contribution in [-0.4, -0.2) is 46.5 Å². The molecule has 1 amide bonds. The summed E-state index contributed by atoms with van der Waals surface area (Å²) in [4.78, 5) is 23.4. The molecule has 0 spiro atoms. The molecule has 2 aromatic heterocycles. The molecule has 2 aromatic carbocycles. The summed E-state index contributed by atoms with van der Waals surface area (Å²) in [6.45, 7) is 8.95. The number of hydrogen-bond donors (Lipinski definition) is 2. The van der Waals surface area contributed by atoms with Gasteiger partial charge in [-0.3, -0.25) is 4.79 Å². The van der Waals surface area contributed by atoms with E-state index in [1.54, 1.807) is 18.2 Å². The van der Waals surface area contributed by atoms with E-state index in [0.717, 1.165) is 54.1 Å². The minimum atomic E-state index is -0.287. The van der Waals surface area contributed by atoms with Gasteiger partial charge in [0.15, 0.2) is 0 Å². The number of likely N-dealkylation sites (tertiary alicyclic amines) is 1. The average Bonchev–Trinajstić information content (AvgIpc) is 3.39. The summed E-state index contributed by atoms with van der Waals surface area (Å²) in [5.74, 6) is 1.99. The number of carbonyl (C=O) groups excluding carboxylic acids is 1. The lowest BCUT2D eigenvalue weighted by Gasteiger charge is -2.31. The van der Waals surface area contributed by atoms with E-state index < -0.39 is 0 Å². The van der Waals surface area contributed by atoms with E-state index in [4.69, 9.17) is 9.47 Å². The van der Waals surface area contributed by atoms with Crippen molar-refractivity contribution in [1.29, 1.82) is 0 Å². The minimum Gasteiger partial charge on any atom is -0.490 e. The first-order valence-corrected chi connectivity index (χ1v) is 13.2. The highest BCUT2D eigenvalue weighted by Crippen LogP contribution is 2.34. The van der Waals surface area contributed by atoms with Crippen LogP contribution in [0.3, 0.4) is 0 Å². The second kappa shape index (κ2) is 11.4. The van der Waals surface area contributed by atoms with Crippen LogP contribution >= 0.6 is 11.3 Å². The van der Waals surface area contributed by atoms with E-state index >= 15 is 0 Å². The highest BCUT2D eigenvalue weighted by Gasteiger charge is 2.19. The molecule has 1 aliphatic heterocycles. The molecule has 0 aliphatic carbocycles. The number of nitrogens with zero attached hydrogens (tertiary/aromatic N) is 3. The Morgan fingerprint density at radius 1 is 1.11 bits per heavy atom. The summed E-state index contributed by atoms with van der Waals surface area (Å²) >= 11 is 1.51. The molecule has 0 radical (unpaired) electrons. The van der Waals surface area contributed by atoms with Crippen molar-refractivity contribution in [3.8, 4) is 17.4 Å². The van der Waals surface area contributed by atoms with E-state index in [1.165, 1.54) is 17.4 Å². The van der Waals surface area contributed by atoms with Gasteiger partial charge in [0.1, 0.15) is 22.3 Å². The summed E-state index contributed by atoms with van der Waals surface area (Å²) in [5.41, 5.74) is 2.24. The Morgan fingerprint density at radius 3 is 2.68 bits per heavy atom. The molecule has 3 heterocycles. The van der Waals surface area contributed by atoms with Gasteiger partial charge in [-0.2, -0.15) is 4.98 Å². The van der Waals surface area contributed by atoms with Crippen molar-refractivity contribution in [2.24, 2.45) is 0 Å². The van der Waals surface area contributed by atoms with Crippen molar-refractivity contribution < 1.29 is 14.3 Å². The van der Waals surface area contributed by atoms with Crippen LogP contribution in [-0.2, 0) is 4.79 Å². The zero-order valence-electron chi connectivity index (χ0n) is 20.6. The Hall–Kier alpha value is -3.95. The SMILES string of the molecule is C=CC(=O)Nc1cccc(Oc2nc(Nc3ccc(OC4CCN(CC)CC4)cc3)nc3ccsc23)c1. The molecular weight excluding hydrogens is 486 g/mol. The summed E-state index contributed by atoms with van der Waals surface area (Å²) in [7, 11) is 0. The van der Waals surface area contributed by atoms with Gasteiger partial charge >= 0.3 is 0 Å². The molecule has 9 heteroatoms. The fraction of sp³-hybridized carbons (Fsp3) is 0.250. The maximum absolute atomic E-state index is 11.6. The Morgan fingerprint density at radius 2 is 1.92 bits per heavy atom. The summed E-state index contributed by atoms with van der Waals surface area (Å²) in [5, 5.41) is 7.96. The van der Waals surface area contributed by atoms with E-state index in [-0.39, 0.29) is 12.0 Å². The molecule has 1 fully saturated rings. The fourth-order valence-corrected chi connectivity index (χ4v) is 4.94. The van der Waals surface area contributed by atoms with E-state index in [1.807, 2.05) is 41.8 Å². The quantitative estimate of drug-likeness (QED) is 0.256. The predicted octanol–water partition coefficient (Wildman–Crippen LogP) is 6.21. The Kier molecular flexibility index (Phi) is 7.62. The standard InChI is InChI=1S/C28H29N5O3S/c1-3-25(34)29-20-6-5-7-23(18-20)36-27-26-24(14-17-37-26)31-28(32-27)30-19-8-10-21(11-9-19)35-22-12-15-33(4-2)16-13-22/h3,5-11,14,17-18,22H,1,4,12-13,15-16H2,2H3,(H,29,34)(H,30,31,32). The van der Waals surface area contributed by atoms with Crippen LogP contribution in [0, 0.1) is 0 Å². The average molecular weight is 516 g/mol. The normalized spacial score (nSPS) is 14.3. The van der Waals surface area contributed by atoms with Crippen LogP contribution in [0.4, 0.5) is 17.3 Å². The van der Waals surface area contributed by atoms with Crippen LogP contribution in [0.15, 0.2) is 72.6 Å². The first-order valence-electron chi connectivity index (χ1n) is 12.3. The number of fused-ring (bicyclic) bond motifs is 1. The zero-order chi connectivity index (χ0) is 25.6. The predicted molar refractivity (Wildman–Crippen MR) is 148 cm³/mol. The fourth-order valence-electron chi connectivity index (χ4n) is 4.19. The summed E-state index contributed by atoms with van der Waals surface area (Å²) in [6, 6.07) is 16.9. The molecule has 4 aromatic rings. The maximum Gasteiger partial charge on any atom is 0.247 e. The van der Waals surface area contributed by atoms with Gasteiger partial charge < -0.3 is 25.0 Å². The number of nitrogens with one attached hydrogen (secondary N) is 2. The molecule has 37 heavy (non-hydrogen) atoms. The molecule has 0 bridgehead atoms. The van der Waals surface area contributed by atoms with Crippen molar-refractivity contribution in [1.82, 2.24) is 14.9 Å². The van der Waals surface area contributed by atoms with Gasteiger partial charge in [-0.15, -0.1) is 11.3 Å². The van der Waals surface area contributed by atoms with Crippen LogP contribution in [0.1, 0.15) is 19.8 Å². The minimum absolute atomic E-state index is 0.259. The van der Waals surface area contributed by atoms with Crippen molar-refractivity contribution in [2.75, 3.05) is 30.3 Å². The second-order valence-corrected chi connectivity index (χ2v) is 9.63. The number of carbonyl (C=O) groups is 1. The molecule has 0 atom stereocenters. The van der Waals surface area contributed by atoms with Crippen LogP contribution in [0.25, 0.3) is 10.2 Å². The topological polar surface area (TPSA) is 88.6 Å². The smallest absolute Gasteiger partial charge is 0.247 e. The number of rotatable bonds is 9. The third kappa shape index (κ3) is 6.25. The largest absolute Gasteiger partial charge is 0.490 e. The van der Waals surface area contributed by atoms with Crippen molar-refractivity contribution in [3.05, 3.63) is 72.6 Å². The number of benzene rings is 2. The zero-order valence-corrected chi connectivity index (χ0v) is 21.5. The molecule has 5 rings (SSSR count). The number of aromatic nitrogens is 2. The lowest BCUT2D eigenvalue weighted by molar-refractivity contribution is -0.111. The number of anilines is 3. The molecule has 8 nitrogen and oxygen atoms in total. The Bertz CT molecular complexity index is 1380. The first kappa shape index (κ1) is 24.7. The third-order valence-corrected chi connectivity index (χ3v) is 7.06. The molecule has 190 valence electrons. The molecule has 1 aliphatic rings. The Balaban J connectivity index is 1.28. The molecule has 2 N–H and O–H groups in total. The van der Waals surface area contributed by atoms with Crippen LogP contribution in [0.2, 0.25) is 0 Å².